The summed E-state index contributed by atoms with van der Waals surface area (Å²) in [5.74, 6) is -0.219. The number of carbonyl (C=O) groups excluding carboxylic acids is 1. The third kappa shape index (κ3) is 6.30. The molecular formula is C22H25F3N2O2. The van der Waals surface area contributed by atoms with E-state index >= 15 is 0 Å². The van der Waals surface area contributed by atoms with Crippen LogP contribution in [0.2, 0.25) is 0 Å². The second-order valence-corrected chi connectivity index (χ2v) is 7.32. The topological polar surface area (TPSA) is 41.6 Å². The highest BCUT2D eigenvalue weighted by Gasteiger charge is 2.30. The lowest BCUT2D eigenvalue weighted by atomic mass is 10.0. The predicted molar refractivity (Wildman–Crippen MR) is 104 cm³/mol. The monoisotopic (exact) mass is 406 g/mol. The Bertz CT molecular complexity index is 798. The number of nitrogens with zero attached hydrogens (tertiary/aromatic N) is 1. The van der Waals surface area contributed by atoms with Crippen molar-refractivity contribution in [1.29, 1.82) is 0 Å². The Morgan fingerprint density at radius 3 is 2.28 bits per heavy atom. The van der Waals surface area contributed by atoms with Crippen LogP contribution in [0.1, 0.15) is 28.3 Å². The molecule has 156 valence electrons. The molecule has 1 aliphatic heterocycles. The van der Waals surface area contributed by atoms with Gasteiger partial charge in [0, 0.05) is 19.6 Å². The van der Waals surface area contributed by atoms with Crippen LogP contribution in [0, 0.1) is 6.92 Å². The summed E-state index contributed by atoms with van der Waals surface area (Å²) in [7, 11) is 0. The Morgan fingerprint density at radius 1 is 1.07 bits per heavy atom. The van der Waals surface area contributed by atoms with Gasteiger partial charge in [0.05, 0.1) is 31.2 Å². The van der Waals surface area contributed by atoms with E-state index in [0.717, 1.165) is 36.3 Å². The van der Waals surface area contributed by atoms with E-state index in [9.17, 15) is 18.0 Å². The zero-order valence-electron chi connectivity index (χ0n) is 16.3. The molecule has 4 nitrogen and oxygen atoms in total. The average molecular weight is 406 g/mol. The molecule has 3 rings (SSSR count). The van der Waals surface area contributed by atoms with Gasteiger partial charge < -0.3 is 10.1 Å². The molecule has 0 saturated carbocycles. The quantitative estimate of drug-likeness (QED) is 0.795. The maximum absolute atomic E-state index is 12.7. The van der Waals surface area contributed by atoms with Crippen molar-refractivity contribution in [3.05, 3.63) is 70.8 Å². The van der Waals surface area contributed by atoms with Crippen LogP contribution >= 0.6 is 0 Å². The number of nitrogens with one attached hydrogen (secondary N) is 1. The van der Waals surface area contributed by atoms with Gasteiger partial charge in [0.2, 0.25) is 5.91 Å². The van der Waals surface area contributed by atoms with Crippen LogP contribution in [0.3, 0.4) is 0 Å². The third-order valence-electron chi connectivity index (χ3n) is 5.01. The highest BCUT2D eigenvalue weighted by molar-refractivity contribution is 5.79. The number of alkyl halides is 3. The van der Waals surface area contributed by atoms with Crippen LogP contribution in [0.25, 0.3) is 0 Å². The number of rotatable bonds is 6. The van der Waals surface area contributed by atoms with Crippen LogP contribution in [-0.2, 0) is 22.1 Å². The van der Waals surface area contributed by atoms with E-state index in [-0.39, 0.29) is 18.4 Å². The zero-order chi connectivity index (χ0) is 20.9. The van der Waals surface area contributed by atoms with Crippen LogP contribution < -0.4 is 5.32 Å². The van der Waals surface area contributed by atoms with E-state index in [4.69, 9.17) is 4.74 Å². The second-order valence-electron chi connectivity index (χ2n) is 7.32. The lowest BCUT2D eigenvalue weighted by Crippen LogP contribution is -2.43. The highest BCUT2D eigenvalue weighted by Crippen LogP contribution is 2.29. The molecule has 0 aromatic heterocycles. The Kier molecular flexibility index (Phi) is 6.92. The third-order valence-corrected chi connectivity index (χ3v) is 5.01. The van der Waals surface area contributed by atoms with E-state index in [1.54, 1.807) is 0 Å². The molecular weight excluding hydrogens is 381 g/mol. The van der Waals surface area contributed by atoms with E-state index in [0.29, 0.717) is 25.3 Å². The molecule has 29 heavy (non-hydrogen) atoms. The number of morpholine rings is 1. The van der Waals surface area contributed by atoms with Gasteiger partial charge in [-0.15, -0.1) is 0 Å². The van der Waals surface area contributed by atoms with Crippen molar-refractivity contribution in [3.8, 4) is 0 Å². The summed E-state index contributed by atoms with van der Waals surface area (Å²) in [5.41, 5.74) is 1.97. The zero-order valence-corrected chi connectivity index (χ0v) is 16.3. The van der Waals surface area contributed by atoms with Crippen molar-refractivity contribution in [2.45, 2.75) is 25.6 Å². The van der Waals surface area contributed by atoms with Gasteiger partial charge in [0.25, 0.3) is 0 Å². The first-order chi connectivity index (χ1) is 13.8. The first-order valence-electron chi connectivity index (χ1n) is 9.63. The number of benzene rings is 2. The highest BCUT2D eigenvalue weighted by atomic mass is 19.4. The van der Waals surface area contributed by atoms with Gasteiger partial charge in [-0.2, -0.15) is 13.2 Å². The van der Waals surface area contributed by atoms with Gasteiger partial charge in [-0.05, 0) is 30.2 Å². The number of carbonyl (C=O) groups is 1. The molecule has 0 aliphatic carbocycles. The molecule has 1 unspecified atom stereocenters. The molecule has 1 amide bonds. The van der Waals surface area contributed by atoms with Gasteiger partial charge in [0.1, 0.15) is 0 Å². The molecule has 7 heteroatoms. The predicted octanol–water partition coefficient (Wildman–Crippen LogP) is 3.75. The van der Waals surface area contributed by atoms with Crippen LogP contribution in [0.5, 0.6) is 0 Å². The van der Waals surface area contributed by atoms with Crippen molar-refractivity contribution in [2.24, 2.45) is 0 Å². The van der Waals surface area contributed by atoms with E-state index < -0.39 is 11.7 Å². The molecule has 1 heterocycles. The fourth-order valence-corrected chi connectivity index (χ4v) is 3.32. The Morgan fingerprint density at radius 2 is 1.69 bits per heavy atom. The van der Waals surface area contributed by atoms with Crippen LogP contribution in [0.15, 0.2) is 48.5 Å². The standard InChI is InChI=1S/C22H25F3N2O2/c1-16-2-6-18(7-3-16)20(15-27-10-12-29-13-11-27)26-21(28)14-17-4-8-19(9-5-17)22(23,24)25/h2-9,20H,10-15H2,1H3,(H,26,28). The minimum Gasteiger partial charge on any atom is -0.379 e. The lowest BCUT2D eigenvalue weighted by molar-refractivity contribution is -0.137. The number of halogens is 3. The summed E-state index contributed by atoms with van der Waals surface area (Å²) in [6.07, 6.45) is -4.35. The molecule has 0 radical (unpaired) electrons. The summed E-state index contributed by atoms with van der Waals surface area (Å²) in [6.45, 7) is 5.60. The van der Waals surface area contributed by atoms with Gasteiger partial charge in [-0.3, -0.25) is 9.69 Å². The Balaban J connectivity index is 1.67. The number of hydrogen-bond donors (Lipinski definition) is 1. The molecule has 0 bridgehead atoms. The van der Waals surface area contributed by atoms with Crippen molar-refractivity contribution in [1.82, 2.24) is 10.2 Å². The van der Waals surface area contributed by atoms with Crippen molar-refractivity contribution < 1.29 is 22.7 Å². The summed E-state index contributed by atoms with van der Waals surface area (Å²) in [5, 5.41) is 3.05. The first kappa shape index (κ1) is 21.3. The van der Waals surface area contributed by atoms with Crippen molar-refractivity contribution in [2.75, 3.05) is 32.8 Å². The largest absolute Gasteiger partial charge is 0.416 e. The number of ether oxygens (including phenoxy) is 1. The molecule has 1 N–H and O–H groups in total. The van der Waals surface area contributed by atoms with Gasteiger partial charge in [-0.1, -0.05) is 42.0 Å². The van der Waals surface area contributed by atoms with Crippen molar-refractivity contribution >= 4 is 5.91 Å². The van der Waals surface area contributed by atoms with Crippen LogP contribution in [-0.4, -0.2) is 43.7 Å². The van der Waals surface area contributed by atoms with E-state index in [1.165, 1.54) is 12.1 Å². The minimum absolute atomic E-state index is 0.0314. The lowest BCUT2D eigenvalue weighted by Gasteiger charge is -2.31. The molecule has 0 spiro atoms. The van der Waals surface area contributed by atoms with E-state index in [2.05, 4.69) is 10.2 Å². The van der Waals surface area contributed by atoms with Crippen LogP contribution in [0.4, 0.5) is 13.2 Å². The summed E-state index contributed by atoms with van der Waals surface area (Å²) in [4.78, 5) is 14.9. The van der Waals surface area contributed by atoms with Crippen molar-refractivity contribution in [3.63, 3.8) is 0 Å². The number of aryl methyl sites for hydroxylation is 1. The maximum Gasteiger partial charge on any atom is 0.416 e. The Labute approximate surface area is 168 Å². The van der Waals surface area contributed by atoms with E-state index in [1.807, 2.05) is 31.2 Å². The summed E-state index contributed by atoms with van der Waals surface area (Å²) >= 11 is 0. The molecule has 1 saturated heterocycles. The molecule has 1 fully saturated rings. The van der Waals surface area contributed by atoms with Gasteiger partial charge in [-0.25, -0.2) is 0 Å². The average Bonchev–Trinajstić information content (AvgIpc) is 2.68. The second kappa shape index (κ2) is 9.41. The van der Waals surface area contributed by atoms with Gasteiger partial charge >= 0.3 is 6.18 Å². The first-order valence-corrected chi connectivity index (χ1v) is 9.63. The molecule has 2 aromatic carbocycles. The maximum atomic E-state index is 12.7. The normalized spacial score (nSPS) is 16.4. The number of amides is 1. The molecule has 2 aromatic rings. The smallest absolute Gasteiger partial charge is 0.379 e. The fraction of sp³-hybridized carbons (Fsp3) is 0.409. The summed E-state index contributed by atoms with van der Waals surface area (Å²) < 4.78 is 43.5. The minimum atomic E-state index is -4.38. The molecule has 1 aliphatic rings. The summed E-state index contributed by atoms with van der Waals surface area (Å²) in [6, 6.07) is 12.5. The molecule has 1 atom stereocenters. The number of hydrogen-bond acceptors (Lipinski definition) is 3. The Hall–Kier alpha value is -2.38. The SMILES string of the molecule is Cc1ccc(C(CN2CCOCC2)NC(=O)Cc2ccc(C(F)(F)F)cc2)cc1. The fourth-order valence-electron chi connectivity index (χ4n) is 3.32. The van der Waals surface area contributed by atoms with Gasteiger partial charge in [0.15, 0.2) is 0 Å².